The van der Waals surface area contributed by atoms with E-state index in [-0.39, 0.29) is 24.2 Å². The summed E-state index contributed by atoms with van der Waals surface area (Å²) in [7, 11) is 1.21. The van der Waals surface area contributed by atoms with Crippen LogP contribution in [0.15, 0.2) is 0 Å². The van der Waals surface area contributed by atoms with E-state index in [1.807, 2.05) is 20.8 Å². The first kappa shape index (κ1) is 24.4. The van der Waals surface area contributed by atoms with Crippen molar-refractivity contribution in [2.75, 3.05) is 20.2 Å². The van der Waals surface area contributed by atoms with Crippen LogP contribution in [0.3, 0.4) is 0 Å². The molecule has 26 heavy (non-hydrogen) atoms. The van der Waals surface area contributed by atoms with Crippen molar-refractivity contribution in [2.45, 2.75) is 65.2 Å². The first-order valence-electron chi connectivity index (χ1n) is 8.91. The molecule has 1 N–H and O–H groups in total. The van der Waals surface area contributed by atoms with Gasteiger partial charge >= 0.3 is 5.97 Å². The molecule has 0 aliphatic carbocycles. The molecule has 0 heterocycles. The lowest BCUT2D eigenvalue weighted by Gasteiger charge is -2.36. The Labute approximate surface area is 160 Å². The van der Waals surface area contributed by atoms with Gasteiger partial charge in [-0.1, -0.05) is 25.6 Å². The van der Waals surface area contributed by atoms with E-state index in [1.165, 1.54) is 7.11 Å². The summed E-state index contributed by atoms with van der Waals surface area (Å²) in [5.74, 6) is -1.34. The molecule has 2 atom stereocenters. The monoisotopic (exact) mass is 388 g/mol. The molecule has 150 valence electrons. The molecule has 0 aliphatic heterocycles. The van der Waals surface area contributed by atoms with Crippen LogP contribution >= 0.6 is 11.8 Å². The van der Waals surface area contributed by atoms with Gasteiger partial charge in [-0.15, -0.1) is 0 Å². The van der Waals surface area contributed by atoms with Gasteiger partial charge in [0.05, 0.1) is 7.11 Å². The van der Waals surface area contributed by atoms with Crippen molar-refractivity contribution in [2.24, 2.45) is 5.92 Å². The summed E-state index contributed by atoms with van der Waals surface area (Å²) >= 11 is 0.880. The zero-order valence-corrected chi connectivity index (χ0v) is 17.7. The first-order chi connectivity index (χ1) is 12.0. The Morgan fingerprint density at radius 1 is 1.12 bits per heavy atom. The molecule has 7 nitrogen and oxygen atoms in total. The van der Waals surface area contributed by atoms with Crippen LogP contribution in [0.4, 0.5) is 0 Å². The minimum atomic E-state index is -0.923. The molecule has 2 amide bonds. The van der Waals surface area contributed by atoms with E-state index >= 15 is 0 Å². The van der Waals surface area contributed by atoms with Gasteiger partial charge in [-0.3, -0.25) is 19.2 Å². The molecule has 0 aromatic heterocycles. The second-order valence-electron chi connectivity index (χ2n) is 6.59. The van der Waals surface area contributed by atoms with E-state index < -0.39 is 21.9 Å². The van der Waals surface area contributed by atoms with E-state index in [0.717, 1.165) is 11.8 Å². The molecule has 0 bridgehead atoms. The Bertz CT molecular complexity index is 518. The molecular formula is C18H32N2O5S. The number of rotatable bonds is 10. The maximum Gasteiger partial charge on any atom is 0.313 e. The van der Waals surface area contributed by atoms with Crippen molar-refractivity contribution in [3.05, 3.63) is 0 Å². The zero-order chi connectivity index (χ0) is 20.5. The third kappa shape index (κ3) is 7.35. The fourth-order valence-electron chi connectivity index (χ4n) is 2.30. The third-order valence-electron chi connectivity index (χ3n) is 4.26. The van der Waals surface area contributed by atoms with Gasteiger partial charge < -0.3 is 15.0 Å². The van der Waals surface area contributed by atoms with Gasteiger partial charge in [-0.05, 0) is 34.1 Å². The number of nitrogens with one attached hydrogen (secondary N) is 1. The number of hydrogen-bond acceptors (Lipinski definition) is 6. The molecule has 0 aromatic rings. The number of nitrogens with zero attached hydrogens (tertiary/aromatic N) is 1. The summed E-state index contributed by atoms with van der Waals surface area (Å²) in [4.78, 5) is 50.4. The van der Waals surface area contributed by atoms with Gasteiger partial charge in [0.15, 0.2) is 0 Å². The maximum atomic E-state index is 13.0. The molecule has 0 saturated heterocycles. The van der Waals surface area contributed by atoms with Gasteiger partial charge in [0, 0.05) is 23.8 Å². The number of carbonyl (C=O) groups excluding carboxylic acids is 4. The van der Waals surface area contributed by atoms with Crippen molar-refractivity contribution >= 4 is 34.7 Å². The Morgan fingerprint density at radius 2 is 1.65 bits per heavy atom. The van der Waals surface area contributed by atoms with E-state index in [9.17, 15) is 19.2 Å². The lowest BCUT2D eigenvalue weighted by Crippen LogP contribution is -2.58. The van der Waals surface area contributed by atoms with E-state index in [4.69, 9.17) is 0 Å². The van der Waals surface area contributed by atoms with E-state index in [2.05, 4.69) is 10.1 Å². The van der Waals surface area contributed by atoms with Crippen LogP contribution in [0, 0.1) is 5.92 Å². The van der Waals surface area contributed by atoms with Crippen molar-refractivity contribution in [3.8, 4) is 0 Å². The van der Waals surface area contributed by atoms with Crippen LogP contribution in [0.5, 0.6) is 0 Å². The quantitative estimate of drug-likeness (QED) is 0.454. The maximum absolute atomic E-state index is 13.0. The Kier molecular flexibility index (Phi) is 10.5. The van der Waals surface area contributed by atoms with Crippen molar-refractivity contribution in [1.82, 2.24) is 10.2 Å². The highest BCUT2D eigenvalue weighted by Gasteiger charge is 2.41. The predicted octanol–water partition coefficient (Wildman–Crippen LogP) is 1.99. The Hall–Kier alpha value is -1.57. The molecule has 0 radical (unpaired) electrons. The van der Waals surface area contributed by atoms with Gasteiger partial charge in [-0.25, -0.2) is 0 Å². The Morgan fingerprint density at radius 3 is 2.08 bits per heavy atom. The summed E-state index contributed by atoms with van der Waals surface area (Å²) in [5.41, 5.74) is 0. The fourth-order valence-corrected chi connectivity index (χ4v) is 3.35. The molecule has 8 heteroatoms. The molecule has 0 saturated carbocycles. The van der Waals surface area contributed by atoms with E-state index in [1.54, 1.807) is 25.7 Å². The highest BCUT2D eigenvalue weighted by atomic mass is 32.2. The summed E-state index contributed by atoms with van der Waals surface area (Å²) in [6.07, 6.45) is 0.267. The Balaban J connectivity index is 5.51. The second-order valence-corrected chi connectivity index (χ2v) is 8.30. The predicted molar refractivity (Wildman–Crippen MR) is 103 cm³/mol. The van der Waals surface area contributed by atoms with Gasteiger partial charge in [0.1, 0.15) is 12.5 Å². The number of esters is 1. The zero-order valence-electron chi connectivity index (χ0n) is 16.9. The second kappa shape index (κ2) is 11.2. The molecule has 0 rings (SSSR count). The van der Waals surface area contributed by atoms with Crippen molar-refractivity contribution in [1.29, 1.82) is 0 Å². The highest BCUT2D eigenvalue weighted by molar-refractivity contribution is 8.14. The van der Waals surface area contributed by atoms with Crippen LogP contribution in [0.1, 0.15) is 54.4 Å². The number of likely N-dealkylation sites (N-methyl/N-ethyl adjacent to an activating group) is 1. The number of hydrogen-bond donors (Lipinski definition) is 1. The van der Waals surface area contributed by atoms with Gasteiger partial charge in [-0.2, -0.15) is 0 Å². The molecule has 0 spiro atoms. The lowest BCUT2D eigenvalue weighted by molar-refractivity contribution is -0.142. The minimum Gasteiger partial charge on any atom is -0.469 e. The molecule has 0 aliphatic rings. The smallest absolute Gasteiger partial charge is 0.313 e. The van der Waals surface area contributed by atoms with Crippen LogP contribution in [0.25, 0.3) is 0 Å². The topological polar surface area (TPSA) is 92.8 Å². The fraction of sp³-hybridized carbons (Fsp3) is 0.778. The summed E-state index contributed by atoms with van der Waals surface area (Å²) in [6.45, 7) is 11.8. The first-order valence-corrected chi connectivity index (χ1v) is 9.73. The highest BCUT2D eigenvalue weighted by Crippen LogP contribution is 2.31. The number of carbonyl (C=O) groups is 4. The standard InChI is InChI=1S/C18H32N2O5S/c1-8-12(4)16(23)19-15(17(24)20(9-2)10-3)18(5,6)26-14(22)11-13(21)25-7/h12,15H,8-11H2,1-7H3,(H,19,23). The van der Waals surface area contributed by atoms with Crippen molar-refractivity contribution in [3.63, 3.8) is 0 Å². The number of ether oxygens (including phenoxy) is 1. The SMILES string of the molecule is CCC(C)C(=O)NC(C(=O)N(CC)CC)C(C)(C)SC(=O)CC(=O)OC. The van der Waals surface area contributed by atoms with Crippen LogP contribution in [-0.2, 0) is 23.9 Å². The van der Waals surface area contributed by atoms with Crippen LogP contribution < -0.4 is 5.32 Å². The average Bonchev–Trinajstić information content (AvgIpc) is 2.58. The molecule has 0 aromatic carbocycles. The summed E-state index contributed by atoms with van der Waals surface area (Å²) in [5, 5.41) is 2.40. The number of methoxy groups -OCH3 is 1. The van der Waals surface area contributed by atoms with Crippen LogP contribution in [-0.4, -0.2) is 58.8 Å². The van der Waals surface area contributed by atoms with Gasteiger partial charge in [0.25, 0.3) is 0 Å². The summed E-state index contributed by atoms with van der Waals surface area (Å²) in [6, 6.07) is -0.879. The molecule has 2 unspecified atom stereocenters. The van der Waals surface area contributed by atoms with Crippen molar-refractivity contribution < 1.29 is 23.9 Å². The number of thioether (sulfide) groups is 1. The molecular weight excluding hydrogens is 356 g/mol. The lowest BCUT2D eigenvalue weighted by atomic mass is 9.99. The average molecular weight is 389 g/mol. The van der Waals surface area contributed by atoms with Gasteiger partial charge in [0.2, 0.25) is 16.9 Å². The minimum absolute atomic E-state index is 0.230. The largest absolute Gasteiger partial charge is 0.469 e. The van der Waals surface area contributed by atoms with E-state index in [0.29, 0.717) is 19.5 Å². The molecule has 0 fully saturated rings. The summed E-state index contributed by atoms with van der Waals surface area (Å²) < 4.78 is 3.59. The normalized spacial score (nSPS) is 13.5. The third-order valence-corrected chi connectivity index (χ3v) is 5.39. The number of amides is 2. The van der Waals surface area contributed by atoms with Crippen LogP contribution in [0.2, 0.25) is 0 Å².